The van der Waals surface area contributed by atoms with E-state index in [1.165, 1.54) is 97.1 Å². The van der Waals surface area contributed by atoms with Crippen molar-refractivity contribution >= 4 is 133 Å². The minimum absolute atomic E-state index is 0.113. The quantitative estimate of drug-likeness (QED) is 0.0557. The van der Waals surface area contributed by atoms with Gasteiger partial charge in [-0.1, -0.05) is 279 Å². The van der Waals surface area contributed by atoms with Crippen molar-refractivity contribution in [3.8, 4) is 89.0 Å². The first-order valence-corrected chi connectivity index (χ1v) is 47.4. The van der Waals surface area contributed by atoms with Gasteiger partial charge in [0.05, 0.1) is 68.2 Å². The standard InChI is InChI=1S/C66H42F6N2.C64H38F6N2/c1-39-3-29-55(69)61(35-39)73(63-37-49(19-31-57(63)71)45-9-5-41(6-10-45)43-13-23-51(67)24-14-43)59-33-21-47-18-28-54-60(34-22-48-17-27-53(59)65(47)66(48)54)74(62-36-40(2)4-30-56(62)70)64-38-50(20-32-58(64)72)46-11-7-42(8-12-46)44-15-25-52(68)26-16-44;65-49-27-17-41(18-28-49)39-9-13-43(14-10-39)47-23-33-55(69)61(37-47)71(59-7-3-1-5-53(59)67)57-35-25-45-22-32-52-58(36-26-46-21-31-51(57)63(45)64(46)52)72(60-8-4-2-6-54(60)68)62-38-48(24-34-56(62)70)44-15-11-40(12-16-44)42-19-29-50(66)30-20-42/h3-38H,1-2H3;1-38H. The highest BCUT2D eigenvalue weighted by Gasteiger charge is 2.32. The Morgan fingerprint density at radius 2 is 0.295 bits per heavy atom. The molecule has 0 radical (unpaired) electrons. The third-order valence-corrected chi connectivity index (χ3v) is 27.4. The van der Waals surface area contributed by atoms with E-state index in [4.69, 9.17) is 0 Å². The van der Waals surface area contributed by atoms with Crippen molar-refractivity contribution in [3.63, 3.8) is 0 Å². The molecule has 0 aliphatic heterocycles. The molecule has 0 amide bonds. The molecule has 0 aliphatic rings. The molecule has 24 rings (SSSR count). The second-order valence-corrected chi connectivity index (χ2v) is 36.3. The molecule has 0 heterocycles. The lowest BCUT2D eigenvalue weighted by Crippen LogP contribution is -2.15. The molecule has 0 unspecified atom stereocenters. The van der Waals surface area contributed by atoms with E-state index in [0.717, 1.165) is 121 Å². The van der Waals surface area contributed by atoms with E-state index in [9.17, 15) is 17.6 Å². The Bertz CT molecular complexity index is 8610. The fourth-order valence-electron chi connectivity index (χ4n) is 20.2. The molecular weight excluding hydrogens is 1850 g/mol. The summed E-state index contributed by atoms with van der Waals surface area (Å²) in [4.78, 5) is 6.46. The van der Waals surface area contributed by atoms with Crippen LogP contribution in [0.15, 0.2) is 449 Å². The van der Waals surface area contributed by atoms with Crippen LogP contribution in [0.3, 0.4) is 0 Å². The Morgan fingerprint density at radius 1 is 0.130 bits per heavy atom. The highest BCUT2D eigenvalue weighted by molar-refractivity contribution is 6.30. The third-order valence-electron chi connectivity index (χ3n) is 27.4. The third kappa shape index (κ3) is 17.1. The van der Waals surface area contributed by atoms with Crippen LogP contribution in [0.25, 0.3) is 154 Å². The van der Waals surface area contributed by atoms with E-state index in [-0.39, 0.29) is 68.8 Å². The van der Waals surface area contributed by atoms with Crippen LogP contribution < -0.4 is 19.6 Å². The molecule has 0 saturated carbocycles. The predicted molar refractivity (Wildman–Crippen MR) is 571 cm³/mol. The Hall–Kier alpha value is -18.3. The van der Waals surface area contributed by atoms with Gasteiger partial charge in [-0.2, -0.15) is 0 Å². The highest BCUT2D eigenvalue weighted by atomic mass is 19.2. The van der Waals surface area contributed by atoms with Gasteiger partial charge in [0.2, 0.25) is 0 Å². The van der Waals surface area contributed by atoms with Crippen LogP contribution in [0.1, 0.15) is 11.1 Å². The van der Waals surface area contributed by atoms with E-state index in [0.29, 0.717) is 66.5 Å². The van der Waals surface area contributed by atoms with Gasteiger partial charge in [-0.15, -0.1) is 0 Å². The van der Waals surface area contributed by atoms with Crippen LogP contribution in [0.4, 0.5) is 121 Å². The fraction of sp³-hybridized carbons (Fsp3) is 0.0154. The molecule has 0 saturated heterocycles. The van der Waals surface area contributed by atoms with Crippen LogP contribution in [0, 0.1) is 83.7 Å². The van der Waals surface area contributed by atoms with Crippen molar-refractivity contribution in [2.45, 2.75) is 13.8 Å². The zero-order valence-corrected chi connectivity index (χ0v) is 78.0. The van der Waals surface area contributed by atoms with Gasteiger partial charge in [0.15, 0.2) is 0 Å². The summed E-state index contributed by atoms with van der Waals surface area (Å²) in [5.41, 5.74) is 17.4. The molecule has 704 valence electrons. The van der Waals surface area contributed by atoms with Crippen LogP contribution in [0.2, 0.25) is 0 Å². The maximum atomic E-state index is 16.8. The van der Waals surface area contributed by atoms with Crippen LogP contribution >= 0.6 is 0 Å². The summed E-state index contributed by atoms with van der Waals surface area (Å²) in [6.07, 6.45) is 0. The largest absolute Gasteiger partial charge is 0.304 e. The fourth-order valence-corrected chi connectivity index (χ4v) is 20.2. The number of aryl methyl sites for hydroxylation is 2. The van der Waals surface area contributed by atoms with Gasteiger partial charge in [-0.25, -0.2) is 52.7 Å². The number of halogens is 12. The number of anilines is 12. The van der Waals surface area contributed by atoms with Gasteiger partial charge in [-0.3, -0.25) is 0 Å². The molecule has 0 fully saturated rings. The van der Waals surface area contributed by atoms with E-state index >= 15 is 35.1 Å². The first kappa shape index (κ1) is 91.5. The average molecular weight is 1930 g/mol. The van der Waals surface area contributed by atoms with Gasteiger partial charge in [-0.05, 0) is 327 Å². The molecule has 0 aromatic heterocycles. The smallest absolute Gasteiger partial charge is 0.147 e. The molecule has 16 heteroatoms. The van der Waals surface area contributed by atoms with E-state index in [2.05, 4.69) is 0 Å². The number of nitrogens with zero attached hydrogens (tertiary/aromatic N) is 4. The molecule has 24 aromatic rings. The number of hydrogen-bond acceptors (Lipinski definition) is 4. The lowest BCUT2D eigenvalue weighted by Gasteiger charge is -2.30. The van der Waals surface area contributed by atoms with Gasteiger partial charge < -0.3 is 19.6 Å². The molecule has 0 N–H and O–H groups in total. The van der Waals surface area contributed by atoms with Crippen molar-refractivity contribution in [1.29, 1.82) is 0 Å². The van der Waals surface area contributed by atoms with Crippen molar-refractivity contribution < 1.29 is 52.7 Å². The number of benzene rings is 24. The first-order chi connectivity index (χ1) is 71.1. The summed E-state index contributed by atoms with van der Waals surface area (Å²) in [6, 6.07) is 128. The summed E-state index contributed by atoms with van der Waals surface area (Å²) in [5.74, 6) is -5.84. The highest BCUT2D eigenvalue weighted by Crippen LogP contribution is 2.54. The summed E-state index contributed by atoms with van der Waals surface area (Å²) in [6.45, 7) is 3.71. The molecule has 24 aromatic carbocycles. The van der Waals surface area contributed by atoms with Crippen LogP contribution in [-0.2, 0) is 0 Å². The Morgan fingerprint density at radius 3 is 0.514 bits per heavy atom. The number of rotatable bonds is 20. The lowest BCUT2D eigenvalue weighted by molar-refractivity contribution is 0.619. The maximum absolute atomic E-state index is 16.8. The summed E-state index contributed by atoms with van der Waals surface area (Å²) >= 11 is 0. The molecule has 0 aliphatic carbocycles. The predicted octanol–water partition coefficient (Wildman–Crippen LogP) is 38.7. The minimum Gasteiger partial charge on any atom is -0.304 e. The Balaban J connectivity index is 0.000000161. The van der Waals surface area contributed by atoms with Gasteiger partial charge in [0.25, 0.3) is 0 Å². The topological polar surface area (TPSA) is 13.0 Å². The van der Waals surface area contributed by atoms with Gasteiger partial charge >= 0.3 is 0 Å². The van der Waals surface area contributed by atoms with E-state index in [1.807, 2.05) is 208 Å². The van der Waals surface area contributed by atoms with Gasteiger partial charge in [0, 0.05) is 21.5 Å². The summed E-state index contributed by atoms with van der Waals surface area (Å²) in [5, 5.41) is 9.35. The average Bonchev–Trinajstić information content (AvgIpc) is 0.714. The van der Waals surface area contributed by atoms with Crippen molar-refractivity contribution in [3.05, 3.63) is 530 Å². The molecule has 146 heavy (non-hydrogen) atoms. The number of para-hydroxylation sites is 2. The molecule has 4 nitrogen and oxygen atoms in total. The zero-order valence-electron chi connectivity index (χ0n) is 78.0. The second-order valence-electron chi connectivity index (χ2n) is 36.3. The Labute approximate surface area is 832 Å². The normalized spacial score (nSPS) is 11.5. The monoisotopic (exact) mass is 1920 g/mol. The van der Waals surface area contributed by atoms with Gasteiger partial charge in [0.1, 0.15) is 69.8 Å². The van der Waals surface area contributed by atoms with Crippen molar-refractivity contribution in [2.24, 2.45) is 0 Å². The van der Waals surface area contributed by atoms with Crippen LogP contribution in [-0.4, -0.2) is 0 Å². The van der Waals surface area contributed by atoms with Crippen molar-refractivity contribution in [2.75, 3.05) is 19.6 Å². The SMILES string of the molecule is Cc1ccc(F)c(N(c2cc(-c3ccc(-c4ccc(F)cc4)cc3)ccc2F)c2ccc3ccc4c(N(c5cc(C)ccc5F)c5cc(-c6ccc(-c7ccc(F)cc7)cc6)ccc5F)ccc5ccc2c3c54)c1.Fc1ccc(-c2ccc(-c3ccc(F)c(N(c4ccccc4F)c4ccc5ccc6c(N(c7ccccc7F)c7cc(-c8ccc(-c9ccc(F)cc9)cc8)ccc7F)ccc7ccc4c5c76)c3)cc2)cc1. The number of hydrogen-bond donors (Lipinski definition) is 0. The van der Waals surface area contributed by atoms with E-state index in [1.54, 1.807) is 177 Å². The lowest BCUT2D eigenvalue weighted by atomic mass is 9.91. The van der Waals surface area contributed by atoms with Crippen molar-refractivity contribution in [1.82, 2.24) is 0 Å². The molecular formula is C130H80F12N4. The zero-order chi connectivity index (χ0) is 99.8. The first-order valence-electron chi connectivity index (χ1n) is 47.4. The maximum Gasteiger partial charge on any atom is 0.147 e. The van der Waals surface area contributed by atoms with E-state index < -0.39 is 46.5 Å². The van der Waals surface area contributed by atoms with Crippen LogP contribution in [0.5, 0.6) is 0 Å². The second kappa shape index (κ2) is 38.0. The molecule has 0 bridgehead atoms. The summed E-state index contributed by atoms with van der Waals surface area (Å²) in [7, 11) is 0. The molecule has 0 spiro atoms. The summed E-state index contributed by atoms with van der Waals surface area (Å²) < 4.78 is 187. The Kier molecular flexibility index (Phi) is 23.8. The minimum atomic E-state index is -0.577. The molecule has 0 atom stereocenters.